The molecule has 0 atom stereocenters. The van der Waals surface area contributed by atoms with Crippen LogP contribution in [0.5, 0.6) is 11.5 Å². The molecule has 0 saturated carbocycles. The molecular weight excluding hydrogens is 285 g/mol. The fraction of sp³-hybridized carbons (Fsp3) is 0.105. The van der Waals surface area contributed by atoms with Crippen LogP contribution in [0.4, 0.5) is 0 Å². The third-order valence-electron chi connectivity index (χ3n) is 4.58. The molecule has 1 aliphatic rings. The molecule has 0 radical (unpaired) electrons. The Labute approximate surface area is 136 Å². The van der Waals surface area contributed by atoms with Gasteiger partial charge in [0.2, 0.25) is 5.69 Å². The number of aromatic nitrogens is 1. The number of nitrogens with zero attached hydrogens (tertiary/aromatic N) is 1. The van der Waals surface area contributed by atoms with Gasteiger partial charge in [0.25, 0.3) is 0 Å². The molecule has 3 aromatic rings. The topological polar surface area (TPSA) is 22.3 Å². The highest BCUT2D eigenvalue weighted by Crippen LogP contribution is 2.38. The standard InChI is InChI=1S/C19H18BNO2/c1-15-19-18(13-14-21(15)2)22-20(23-19,16-9-5-3-6-10-16)17-11-7-4-8-12-17/h3-14H,1-2H3. The first kappa shape index (κ1) is 13.9. The van der Waals surface area contributed by atoms with Crippen LogP contribution in [-0.4, -0.2) is 6.55 Å². The van der Waals surface area contributed by atoms with Gasteiger partial charge in [-0.25, -0.2) is 4.57 Å². The predicted octanol–water partition coefficient (Wildman–Crippen LogP) is 1.85. The second-order valence-corrected chi connectivity index (χ2v) is 5.97. The minimum Gasteiger partial charge on any atom is -0.673 e. The molecule has 0 spiro atoms. The molecule has 1 aliphatic heterocycles. The Morgan fingerprint density at radius 1 is 0.783 bits per heavy atom. The maximum Gasteiger partial charge on any atom is 0.406 e. The van der Waals surface area contributed by atoms with Gasteiger partial charge in [0.15, 0.2) is 11.9 Å². The molecule has 0 fully saturated rings. The number of hydrogen-bond donors (Lipinski definition) is 0. The monoisotopic (exact) mass is 303 g/mol. The number of benzene rings is 2. The largest absolute Gasteiger partial charge is 0.673 e. The summed E-state index contributed by atoms with van der Waals surface area (Å²) >= 11 is 0. The summed E-state index contributed by atoms with van der Waals surface area (Å²) in [5.74, 6) is 1.62. The van der Waals surface area contributed by atoms with E-state index >= 15 is 0 Å². The lowest BCUT2D eigenvalue weighted by Crippen LogP contribution is -2.66. The normalized spacial score (nSPS) is 14.7. The Bertz CT molecular complexity index is 811. The van der Waals surface area contributed by atoms with E-state index in [9.17, 15) is 0 Å². The highest BCUT2D eigenvalue weighted by atomic mass is 16.6. The van der Waals surface area contributed by atoms with Gasteiger partial charge in [-0.05, 0) is 0 Å². The van der Waals surface area contributed by atoms with Crippen LogP contribution >= 0.6 is 0 Å². The fourth-order valence-corrected chi connectivity index (χ4v) is 3.19. The van der Waals surface area contributed by atoms with Gasteiger partial charge in [-0.2, -0.15) is 0 Å². The molecule has 3 nitrogen and oxygen atoms in total. The van der Waals surface area contributed by atoms with Crippen molar-refractivity contribution in [2.75, 3.05) is 0 Å². The van der Waals surface area contributed by atoms with Crippen LogP contribution in [0.3, 0.4) is 0 Å². The Balaban J connectivity index is 1.92. The number of pyridine rings is 1. The van der Waals surface area contributed by atoms with Gasteiger partial charge in [-0.15, -0.1) is 10.9 Å². The SMILES string of the molecule is Cc1c2c(cc[n+]1C)O[B-](c1ccccc1)(c1ccccc1)O2. The van der Waals surface area contributed by atoms with Crippen LogP contribution in [0.15, 0.2) is 72.9 Å². The number of rotatable bonds is 2. The molecular formula is C19H18BNO2. The zero-order chi connectivity index (χ0) is 15.9. The van der Waals surface area contributed by atoms with Crippen molar-refractivity contribution in [1.29, 1.82) is 0 Å². The van der Waals surface area contributed by atoms with Gasteiger partial charge in [0, 0.05) is 13.0 Å². The number of fused-ring (bicyclic) bond motifs is 1. The third kappa shape index (κ3) is 2.10. The molecule has 0 amide bonds. The highest BCUT2D eigenvalue weighted by molar-refractivity contribution is 6.94. The van der Waals surface area contributed by atoms with Gasteiger partial charge >= 0.3 is 6.55 Å². The van der Waals surface area contributed by atoms with Crippen LogP contribution < -0.4 is 24.8 Å². The van der Waals surface area contributed by atoms with Crippen molar-refractivity contribution in [2.45, 2.75) is 6.92 Å². The zero-order valence-electron chi connectivity index (χ0n) is 13.3. The van der Waals surface area contributed by atoms with E-state index in [-0.39, 0.29) is 0 Å². The highest BCUT2D eigenvalue weighted by Gasteiger charge is 2.42. The molecule has 2 aromatic carbocycles. The second kappa shape index (κ2) is 5.16. The van der Waals surface area contributed by atoms with Gasteiger partial charge in [-0.1, -0.05) is 60.7 Å². The second-order valence-electron chi connectivity index (χ2n) is 5.97. The first-order valence-electron chi connectivity index (χ1n) is 7.83. The summed E-state index contributed by atoms with van der Waals surface area (Å²) in [6.45, 7) is 0.288. The van der Waals surface area contributed by atoms with E-state index in [0.717, 1.165) is 28.1 Å². The maximum atomic E-state index is 6.50. The molecule has 23 heavy (non-hydrogen) atoms. The van der Waals surface area contributed by atoms with Crippen LogP contribution in [0.1, 0.15) is 5.69 Å². The smallest absolute Gasteiger partial charge is 0.406 e. The lowest BCUT2D eigenvalue weighted by molar-refractivity contribution is -0.677. The summed E-state index contributed by atoms with van der Waals surface area (Å²) < 4.78 is 15.0. The van der Waals surface area contributed by atoms with E-state index in [1.807, 2.05) is 67.2 Å². The average molecular weight is 303 g/mol. The maximum absolute atomic E-state index is 6.50. The van der Waals surface area contributed by atoms with Crippen LogP contribution in [0.2, 0.25) is 0 Å². The minimum absolute atomic E-state index is 0.799. The molecule has 0 saturated heterocycles. The van der Waals surface area contributed by atoms with Crippen molar-refractivity contribution in [3.8, 4) is 11.5 Å². The number of aryl methyl sites for hydroxylation is 1. The predicted molar refractivity (Wildman–Crippen MR) is 91.5 cm³/mol. The quantitative estimate of drug-likeness (QED) is 0.532. The molecule has 4 rings (SSSR count). The molecule has 0 N–H and O–H groups in total. The van der Waals surface area contributed by atoms with Crippen molar-refractivity contribution < 1.29 is 13.9 Å². The summed E-state index contributed by atoms with van der Waals surface area (Å²) in [5, 5.41) is 0. The first-order chi connectivity index (χ1) is 11.2. The Kier molecular flexibility index (Phi) is 3.12. The fourth-order valence-electron chi connectivity index (χ4n) is 3.19. The molecule has 4 heteroatoms. The molecule has 1 aromatic heterocycles. The molecule has 2 heterocycles. The van der Waals surface area contributed by atoms with Crippen molar-refractivity contribution in [2.24, 2.45) is 7.05 Å². The van der Waals surface area contributed by atoms with Crippen molar-refractivity contribution in [1.82, 2.24) is 0 Å². The minimum atomic E-state index is -1.76. The van der Waals surface area contributed by atoms with E-state index in [0.29, 0.717) is 0 Å². The Morgan fingerprint density at radius 2 is 1.35 bits per heavy atom. The van der Waals surface area contributed by atoms with Gasteiger partial charge < -0.3 is 9.31 Å². The summed E-state index contributed by atoms with van der Waals surface area (Å²) in [6, 6.07) is 22.3. The lowest BCUT2D eigenvalue weighted by Gasteiger charge is -2.36. The third-order valence-corrected chi connectivity index (χ3v) is 4.58. The van der Waals surface area contributed by atoms with E-state index in [2.05, 4.69) is 24.3 Å². The first-order valence-corrected chi connectivity index (χ1v) is 7.83. The Hall–Kier alpha value is -2.75. The summed E-state index contributed by atoms with van der Waals surface area (Å²) in [4.78, 5) is 0. The van der Waals surface area contributed by atoms with Crippen LogP contribution in [-0.2, 0) is 7.05 Å². The van der Waals surface area contributed by atoms with Crippen LogP contribution in [0.25, 0.3) is 0 Å². The molecule has 0 unspecified atom stereocenters. The zero-order valence-corrected chi connectivity index (χ0v) is 13.3. The van der Waals surface area contributed by atoms with Gasteiger partial charge in [0.05, 0.1) is 0 Å². The Morgan fingerprint density at radius 3 is 1.91 bits per heavy atom. The number of hydrogen-bond acceptors (Lipinski definition) is 2. The average Bonchev–Trinajstić information content (AvgIpc) is 3.02. The van der Waals surface area contributed by atoms with Crippen molar-refractivity contribution in [3.05, 3.63) is 78.6 Å². The van der Waals surface area contributed by atoms with Crippen molar-refractivity contribution >= 4 is 17.5 Å². The lowest BCUT2D eigenvalue weighted by atomic mass is 9.46. The van der Waals surface area contributed by atoms with E-state index < -0.39 is 6.55 Å². The molecule has 0 aliphatic carbocycles. The van der Waals surface area contributed by atoms with E-state index in [1.54, 1.807) is 0 Å². The van der Waals surface area contributed by atoms with E-state index in [1.165, 1.54) is 0 Å². The molecule has 114 valence electrons. The van der Waals surface area contributed by atoms with Gasteiger partial charge in [0.1, 0.15) is 12.8 Å². The van der Waals surface area contributed by atoms with E-state index in [4.69, 9.17) is 9.31 Å². The summed E-state index contributed by atoms with van der Waals surface area (Å²) in [7, 11) is 2.01. The summed E-state index contributed by atoms with van der Waals surface area (Å²) in [5.41, 5.74) is 3.13. The van der Waals surface area contributed by atoms with Gasteiger partial charge in [-0.3, -0.25) is 0 Å². The molecule has 0 bridgehead atoms. The van der Waals surface area contributed by atoms with Crippen LogP contribution in [0, 0.1) is 6.92 Å². The van der Waals surface area contributed by atoms with Crippen molar-refractivity contribution in [3.63, 3.8) is 0 Å². The summed E-state index contributed by atoms with van der Waals surface area (Å²) in [6.07, 6.45) is 2.00.